The van der Waals surface area contributed by atoms with Crippen LogP contribution < -0.4 is 0 Å². The molecule has 1 N–H and O–H groups in total. The van der Waals surface area contributed by atoms with Gasteiger partial charge in [0.15, 0.2) is 0 Å². The molecule has 0 atom stereocenters. The molecule has 1 fully saturated rings. The van der Waals surface area contributed by atoms with Crippen molar-refractivity contribution in [2.45, 2.75) is 0 Å². The van der Waals surface area contributed by atoms with Crippen LogP contribution in [0.5, 0.6) is 0 Å². The third kappa shape index (κ3) is 1.49. The van der Waals surface area contributed by atoms with Gasteiger partial charge < -0.3 is 10.0 Å². The van der Waals surface area contributed by atoms with Crippen LogP contribution in [-0.2, 0) is 4.79 Å². The SMILES string of the molecule is O=C(CBr)N1CC(CO)C1. The van der Waals surface area contributed by atoms with Crippen molar-refractivity contribution in [3.8, 4) is 0 Å². The van der Waals surface area contributed by atoms with Crippen LogP contribution in [0.1, 0.15) is 0 Å². The summed E-state index contributed by atoms with van der Waals surface area (Å²) in [5, 5.41) is 9.00. The Bertz CT molecular complexity index is 134. The third-order valence-electron chi connectivity index (χ3n) is 1.68. The molecule has 0 spiro atoms. The summed E-state index contributed by atoms with van der Waals surface area (Å²) in [6.45, 7) is 1.65. The molecule has 0 radical (unpaired) electrons. The minimum Gasteiger partial charge on any atom is -0.396 e. The summed E-state index contributed by atoms with van der Waals surface area (Å²) >= 11 is 3.08. The Morgan fingerprint density at radius 2 is 2.30 bits per heavy atom. The first kappa shape index (κ1) is 8.01. The van der Waals surface area contributed by atoms with Gasteiger partial charge in [0.05, 0.1) is 5.33 Å². The minimum absolute atomic E-state index is 0.115. The molecule has 10 heavy (non-hydrogen) atoms. The number of likely N-dealkylation sites (tertiary alicyclic amines) is 1. The molecule has 1 rings (SSSR count). The zero-order chi connectivity index (χ0) is 7.56. The molecule has 0 aromatic heterocycles. The van der Waals surface area contributed by atoms with Crippen LogP contribution in [0.25, 0.3) is 0 Å². The lowest BCUT2D eigenvalue weighted by Crippen LogP contribution is -2.51. The maximum atomic E-state index is 10.9. The second-order valence-corrected chi connectivity index (χ2v) is 3.04. The number of alkyl halides is 1. The van der Waals surface area contributed by atoms with Gasteiger partial charge in [0, 0.05) is 25.6 Å². The third-order valence-corrected chi connectivity index (χ3v) is 2.16. The second-order valence-electron chi connectivity index (χ2n) is 2.48. The lowest BCUT2D eigenvalue weighted by atomic mass is 10.0. The first-order chi connectivity index (χ1) is 4.77. The fraction of sp³-hybridized carbons (Fsp3) is 0.833. The summed E-state index contributed by atoms with van der Waals surface area (Å²) in [4.78, 5) is 12.6. The fourth-order valence-electron chi connectivity index (χ4n) is 0.973. The van der Waals surface area contributed by atoms with Gasteiger partial charge >= 0.3 is 0 Å². The van der Waals surface area contributed by atoms with Crippen molar-refractivity contribution in [1.82, 2.24) is 4.90 Å². The van der Waals surface area contributed by atoms with Gasteiger partial charge in [-0.25, -0.2) is 0 Å². The number of aliphatic hydroxyl groups is 1. The summed E-state index contributed by atoms with van der Waals surface area (Å²) in [7, 11) is 0. The Labute approximate surface area is 68.1 Å². The smallest absolute Gasteiger partial charge is 0.233 e. The minimum atomic E-state index is 0.115. The molecule has 1 saturated heterocycles. The van der Waals surface area contributed by atoms with E-state index in [-0.39, 0.29) is 12.5 Å². The molecule has 58 valence electrons. The van der Waals surface area contributed by atoms with E-state index in [1.807, 2.05) is 0 Å². The van der Waals surface area contributed by atoms with Crippen LogP contribution in [-0.4, -0.2) is 40.9 Å². The van der Waals surface area contributed by atoms with Crippen LogP contribution in [0.3, 0.4) is 0 Å². The molecular weight excluding hydrogens is 198 g/mol. The van der Waals surface area contributed by atoms with Gasteiger partial charge in [0.25, 0.3) is 0 Å². The van der Waals surface area contributed by atoms with Crippen LogP contribution in [0.15, 0.2) is 0 Å². The molecule has 0 unspecified atom stereocenters. The molecule has 1 aliphatic heterocycles. The van der Waals surface area contributed by atoms with Gasteiger partial charge in [-0.2, -0.15) is 0 Å². The lowest BCUT2D eigenvalue weighted by molar-refractivity contribution is -0.135. The maximum absolute atomic E-state index is 10.9. The van der Waals surface area contributed by atoms with E-state index in [2.05, 4.69) is 15.9 Å². The molecule has 4 heteroatoms. The molecule has 1 heterocycles. The van der Waals surface area contributed by atoms with E-state index in [0.717, 1.165) is 13.1 Å². The topological polar surface area (TPSA) is 40.5 Å². The standard InChI is InChI=1S/C6H10BrNO2/c7-1-6(10)8-2-5(3-8)4-9/h5,9H,1-4H2. The Hall–Kier alpha value is -0.0900. The molecule has 0 bridgehead atoms. The second kappa shape index (κ2) is 3.34. The monoisotopic (exact) mass is 207 g/mol. The highest BCUT2D eigenvalue weighted by Crippen LogP contribution is 2.14. The first-order valence-corrected chi connectivity index (χ1v) is 4.34. The maximum Gasteiger partial charge on any atom is 0.233 e. The lowest BCUT2D eigenvalue weighted by Gasteiger charge is -2.37. The van der Waals surface area contributed by atoms with Crippen molar-refractivity contribution in [2.75, 3.05) is 25.0 Å². The number of halogens is 1. The predicted molar refractivity (Wildman–Crippen MR) is 40.9 cm³/mol. The Morgan fingerprint density at radius 3 is 2.70 bits per heavy atom. The van der Waals surface area contributed by atoms with Crippen molar-refractivity contribution in [3.63, 3.8) is 0 Å². The van der Waals surface area contributed by atoms with Crippen molar-refractivity contribution in [3.05, 3.63) is 0 Å². The number of aliphatic hydroxyl groups excluding tert-OH is 1. The van der Waals surface area contributed by atoms with E-state index in [4.69, 9.17) is 5.11 Å². The van der Waals surface area contributed by atoms with Gasteiger partial charge in [0.2, 0.25) is 5.91 Å². The molecule has 3 nitrogen and oxygen atoms in total. The highest BCUT2D eigenvalue weighted by molar-refractivity contribution is 9.09. The molecular formula is C6H10BrNO2. The van der Waals surface area contributed by atoms with E-state index in [0.29, 0.717) is 11.2 Å². The fourth-order valence-corrected chi connectivity index (χ4v) is 1.33. The predicted octanol–water partition coefficient (Wildman–Crippen LogP) is -0.168. The normalized spacial score (nSPS) is 18.8. The largest absolute Gasteiger partial charge is 0.396 e. The van der Waals surface area contributed by atoms with Crippen LogP contribution >= 0.6 is 15.9 Å². The number of hydrogen-bond donors (Lipinski definition) is 1. The number of carbonyl (C=O) groups is 1. The van der Waals surface area contributed by atoms with Crippen LogP contribution in [0, 0.1) is 5.92 Å². The average Bonchev–Trinajstić information content (AvgIpc) is 1.85. The van der Waals surface area contributed by atoms with Crippen molar-refractivity contribution < 1.29 is 9.90 Å². The van der Waals surface area contributed by atoms with Crippen molar-refractivity contribution >= 4 is 21.8 Å². The van der Waals surface area contributed by atoms with Crippen LogP contribution in [0.2, 0.25) is 0 Å². The van der Waals surface area contributed by atoms with Crippen molar-refractivity contribution in [1.29, 1.82) is 0 Å². The van der Waals surface area contributed by atoms with Gasteiger partial charge in [-0.1, -0.05) is 15.9 Å². The summed E-state index contributed by atoms with van der Waals surface area (Å²) in [6, 6.07) is 0. The zero-order valence-electron chi connectivity index (χ0n) is 5.59. The Kier molecular flexibility index (Phi) is 2.68. The van der Waals surface area contributed by atoms with E-state index < -0.39 is 0 Å². The summed E-state index contributed by atoms with van der Waals surface area (Å²) < 4.78 is 0. The van der Waals surface area contributed by atoms with Gasteiger partial charge in [0.1, 0.15) is 0 Å². The average molecular weight is 208 g/mol. The number of carbonyl (C=O) groups excluding carboxylic acids is 1. The molecule has 0 aromatic rings. The van der Waals surface area contributed by atoms with Gasteiger partial charge in [-0.05, 0) is 0 Å². The molecule has 0 aromatic carbocycles. The number of nitrogens with zero attached hydrogens (tertiary/aromatic N) is 1. The Balaban J connectivity index is 2.19. The molecule has 0 aliphatic carbocycles. The zero-order valence-corrected chi connectivity index (χ0v) is 7.17. The summed E-state index contributed by atoms with van der Waals surface area (Å²) in [5.41, 5.74) is 0. The highest BCUT2D eigenvalue weighted by Gasteiger charge is 2.28. The van der Waals surface area contributed by atoms with Crippen molar-refractivity contribution in [2.24, 2.45) is 5.92 Å². The molecule has 0 saturated carbocycles. The van der Waals surface area contributed by atoms with E-state index in [9.17, 15) is 4.79 Å². The first-order valence-electron chi connectivity index (χ1n) is 3.22. The van der Waals surface area contributed by atoms with Crippen LogP contribution in [0.4, 0.5) is 0 Å². The Morgan fingerprint density at radius 1 is 1.70 bits per heavy atom. The quantitative estimate of drug-likeness (QED) is 0.640. The number of hydrogen-bond acceptors (Lipinski definition) is 2. The summed E-state index contributed by atoms with van der Waals surface area (Å²) in [5.74, 6) is 0.438. The summed E-state index contributed by atoms with van der Waals surface area (Å²) in [6.07, 6.45) is 0. The number of amides is 1. The number of rotatable bonds is 2. The van der Waals surface area contributed by atoms with E-state index in [1.54, 1.807) is 4.90 Å². The van der Waals surface area contributed by atoms with E-state index in [1.165, 1.54) is 0 Å². The van der Waals surface area contributed by atoms with Gasteiger partial charge in [-0.15, -0.1) is 0 Å². The van der Waals surface area contributed by atoms with Gasteiger partial charge in [-0.3, -0.25) is 4.79 Å². The molecule has 1 aliphatic rings. The highest BCUT2D eigenvalue weighted by atomic mass is 79.9. The molecule has 1 amide bonds. The van der Waals surface area contributed by atoms with E-state index >= 15 is 0 Å².